The maximum absolute atomic E-state index is 13.3. The van der Waals surface area contributed by atoms with Crippen molar-refractivity contribution in [2.75, 3.05) is 0 Å². The third-order valence-corrected chi connectivity index (χ3v) is 3.59. The topological polar surface area (TPSA) is 43.4 Å². The van der Waals surface area contributed by atoms with Crippen molar-refractivity contribution in [2.24, 2.45) is 0 Å². The van der Waals surface area contributed by atoms with E-state index in [2.05, 4.69) is 0 Å². The zero-order chi connectivity index (χ0) is 13.2. The molecule has 0 radical (unpaired) electrons. The summed E-state index contributed by atoms with van der Waals surface area (Å²) in [5, 5.41) is 0.258. The van der Waals surface area contributed by atoms with Crippen LogP contribution in [0, 0.1) is 5.82 Å². The van der Waals surface area contributed by atoms with Crippen molar-refractivity contribution < 1.29 is 17.0 Å². The Labute approximate surface area is 109 Å². The highest BCUT2D eigenvalue weighted by atomic mass is 35.5. The quantitative estimate of drug-likeness (QED) is 0.814. The summed E-state index contributed by atoms with van der Waals surface area (Å²) in [6.45, 7) is 0. The summed E-state index contributed by atoms with van der Waals surface area (Å²) in [4.78, 5) is -0.127. The minimum absolute atomic E-state index is 0.127. The molecule has 0 fully saturated rings. The van der Waals surface area contributed by atoms with Gasteiger partial charge in [-0.05, 0) is 30.3 Å². The molecule has 0 bridgehead atoms. The van der Waals surface area contributed by atoms with Gasteiger partial charge in [0, 0.05) is 5.02 Å². The lowest BCUT2D eigenvalue weighted by molar-refractivity contribution is 0.461. The maximum Gasteiger partial charge on any atom is 0.339 e. The Morgan fingerprint density at radius 1 is 1.06 bits per heavy atom. The molecular formula is C12H8ClFO3S. The fourth-order valence-corrected chi connectivity index (χ4v) is 2.54. The van der Waals surface area contributed by atoms with Crippen molar-refractivity contribution in [1.82, 2.24) is 0 Å². The number of rotatable bonds is 3. The van der Waals surface area contributed by atoms with E-state index in [0.717, 1.165) is 6.07 Å². The standard InChI is InChI=1S/C12H8ClFO3S/c13-9-4-3-5-10(8-9)18(15,16)17-12-7-2-1-6-11(12)14/h1-8H. The summed E-state index contributed by atoms with van der Waals surface area (Å²) in [5.74, 6) is -1.10. The van der Waals surface area contributed by atoms with Crippen molar-refractivity contribution in [3.8, 4) is 5.75 Å². The first-order valence-corrected chi connectivity index (χ1v) is 6.72. The zero-order valence-corrected chi connectivity index (χ0v) is 10.6. The normalized spacial score (nSPS) is 11.2. The molecule has 0 aromatic heterocycles. The van der Waals surface area contributed by atoms with Crippen LogP contribution < -0.4 is 4.18 Å². The van der Waals surface area contributed by atoms with Gasteiger partial charge in [-0.25, -0.2) is 4.39 Å². The van der Waals surface area contributed by atoms with Gasteiger partial charge in [-0.1, -0.05) is 29.8 Å². The van der Waals surface area contributed by atoms with E-state index in [1.54, 1.807) is 0 Å². The average molecular weight is 287 g/mol. The second-order valence-corrected chi connectivity index (χ2v) is 5.41. The Morgan fingerprint density at radius 3 is 2.44 bits per heavy atom. The van der Waals surface area contributed by atoms with Crippen molar-refractivity contribution in [1.29, 1.82) is 0 Å². The first kappa shape index (κ1) is 12.9. The van der Waals surface area contributed by atoms with Crippen molar-refractivity contribution in [2.45, 2.75) is 4.90 Å². The number of benzene rings is 2. The molecule has 0 amide bonds. The van der Waals surface area contributed by atoms with E-state index in [1.807, 2.05) is 0 Å². The van der Waals surface area contributed by atoms with E-state index in [0.29, 0.717) is 0 Å². The number of para-hydroxylation sites is 1. The highest BCUT2D eigenvalue weighted by Crippen LogP contribution is 2.22. The molecule has 0 heterocycles. The number of hydrogen-bond donors (Lipinski definition) is 0. The molecular weight excluding hydrogens is 279 g/mol. The molecule has 94 valence electrons. The predicted octanol–water partition coefficient (Wildman–Crippen LogP) is 3.25. The predicted molar refractivity (Wildman–Crippen MR) is 65.7 cm³/mol. The van der Waals surface area contributed by atoms with Gasteiger partial charge in [0.15, 0.2) is 11.6 Å². The molecule has 0 saturated heterocycles. The SMILES string of the molecule is O=S(=O)(Oc1ccccc1F)c1cccc(Cl)c1. The van der Waals surface area contributed by atoms with E-state index >= 15 is 0 Å². The van der Waals surface area contributed by atoms with Gasteiger partial charge in [0.1, 0.15) is 4.90 Å². The second-order valence-electron chi connectivity index (χ2n) is 3.43. The van der Waals surface area contributed by atoms with Crippen molar-refractivity contribution >= 4 is 21.7 Å². The van der Waals surface area contributed by atoms with Crippen molar-refractivity contribution in [3.05, 3.63) is 59.4 Å². The molecule has 2 rings (SSSR count). The largest absolute Gasteiger partial charge is 0.376 e. The van der Waals surface area contributed by atoms with Crippen LogP contribution in [0.2, 0.25) is 5.02 Å². The summed E-state index contributed by atoms with van der Waals surface area (Å²) in [5.41, 5.74) is 0. The Balaban J connectivity index is 2.37. The van der Waals surface area contributed by atoms with Gasteiger partial charge in [-0.2, -0.15) is 8.42 Å². The average Bonchev–Trinajstić information content (AvgIpc) is 2.32. The molecule has 0 atom stereocenters. The number of hydrogen-bond acceptors (Lipinski definition) is 3. The monoisotopic (exact) mass is 286 g/mol. The summed E-state index contributed by atoms with van der Waals surface area (Å²) in [6.07, 6.45) is 0. The molecule has 0 aliphatic heterocycles. The van der Waals surface area contributed by atoms with Gasteiger partial charge in [0.2, 0.25) is 0 Å². The van der Waals surface area contributed by atoms with Crippen LogP contribution in [0.3, 0.4) is 0 Å². The van der Waals surface area contributed by atoms with Gasteiger partial charge < -0.3 is 4.18 Å². The molecule has 0 aliphatic rings. The molecule has 0 N–H and O–H groups in total. The van der Waals surface area contributed by atoms with E-state index in [-0.39, 0.29) is 15.7 Å². The van der Waals surface area contributed by atoms with Crippen LogP contribution in [-0.2, 0) is 10.1 Å². The fraction of sp³-hybridized carbons (Fsp3) is 0. The Kier molecular flexibility index (Phi) is 3.54. The van der Waals surface area contributed by atoms with E-state index in [4.69, 9.17) is 15.8 Å². The minimum atomic E-state index is -4.08. The van der Waals surface area contributed by atoms with E-state index < -0.39 is 15.9 Å². The van der Waals surface area contributed by atoms with Gasteiger partial charge in [-0.15, -0.1) is 0 Å². The molecule has 6 heteroatoms. The first-order valence-electron chi connectivity index (χ1n) is 4.93. The summed E-state index contributed by atoms with van der Waals surface area (Å²) >= 11 is 5.69. The van der Waals surface area contributed by atoms with Crippen LogP contribution in [-0.4, -0.2) is 8.42 Å². The summed E-state index contributed by atoms with van der Waals surface area (Å²) in [6, 6.07) is 10.8. The number of halogens is 2. The Bertz CT molecular complexity index is 671. The van der Waals surface area contributed by atoms with Gasteiger partial charge in [-0.3, -0.25) is 0 Å². The molecule has 3 nitrogen and oxygen atoms in total. The third-order valence-electron chi connectivity index (χ3n) is 2.12. The Morgan fingerprint density at radius 2 is 1.78 bits per heavy atom. The van der Waals surface area contributed by atoms with Crippen LogP contribution in [0.4, 0.5) is 4.39 Å². The van der Waals surface area contributed by atoms with Gasteiger partial charge in [0.25, 0.3) is 0 Å². The maximum atomic E-state index is 13.3. The van der Waals surface area contributed by atoms with Crippen LogP contribution in [0.25, 0.3) is 0 Å². The van der Waals surface area contributed by atoms with Crippen molar-refractivity contribution in [3.63, 3.8) is 0 Å². The van der Waals surface area contributed by atoms with Gasteiger partial charge in [0.05, 0.1) is 0 Å². The second kappa shape index (κ2) is 4.96. The molecule has 2 aromatic carbocycles. The summed E-state index contributed by atoms with van der Waals surface area (Å²) < 4.78 is 41.7. The smallest absolute Gasteiger partial charge is 0.339 e. The van der Waals surface area contributed by atoms with Crippen LogP contribution in [0.1, 0.15) is 0 Å². The summed E-state index contributed by atoms with van der Waals surface area (Å²) in [7, 11) is -4.08. The molecule has 2 aromatic rings. The highest BCUT2D eigenvalue weighted by molar-refractivity contribution is 7.87. The van der Waals surface area contributed by atoms with E-state index in [9.17, 15) is 12.8 Å². The fourth-order valence-electron chi connectivity index (χ4n) is 1.30. The van der Waals surface area contributed by atoms with Crippen LogP contribution in [0.15, 0.2) is 53.4 Å². The minimum Gasteiger partial charge on any atom is -0.376 e. The molecule has 18 heavy (non-hydrogen) atoms. The third kappa shape index (κ3) is 2.80. The molecule has 0 aliphatic carbocycles. The molecule has 0 spiro atoms. The van der Waals surface area contributed by atoms with Crippen LogP contribution in [0.5, 0.6) is 5.75 Å². The zero-order valence-electron chi connectivity index (χ0n) is 9.01. The lowest BCUT2D eigenvalue weighted by atomic mass is 10.3. The van der Waals surface area contributed by atoms with Gasteiger partial charge >= 0.3 is 10.1 Å². The highest BCUT2D eigenvalue weighted by Gasteiger charge is 2.18. The lowest BCUT2D eigenvalue weighted by Crippen LogP contribution is -2.10. The first-order chi connectivity index (χ1) is 8.49. The lowest BCUT2D eigenvalue weighted by Gasteiger charge is -2.07. The van der Waals surface area contributed by atoms with Crippen LogP contribution >= 0.6 is 11.6 Å². The Hall–Kier alpha value is -1.59. The molecule has 0 saturated carbocycles. The van der Waals surface area contributed by atoms with E-state index in [1.165, 1.54) is 42.5 Å². The molecule has 0 unspecified atom stereocenters.